The van der Waals surface area contributed by atoms with E-state index in [1.807, 2.05) is 18.2 Å². The van der Waals surface area contributed by atoms with Gasteiger partial charge < -0.3 is 15.5 Å². The molecule has 20 heavy (non-hydrogen) atoms. The van der Waals surface area contributed by atoms with Gasteiger partial charge in [0.05, 0.1) is 6.04 Å². The van der Waals surface area contributed by atoms with Crippen molar-refractivity contribution in [3.63, 3.8) is 0 Å². The zero-order valence-corrected chi connectivity index (χ0v) is 13.0. The van der Waals surface area contributed by atoms with Crippen molar-refractivity contribution in [2.75, 3.05) is 25.0 Å². The highest BCUT2D eigenvalue weighted by atomic mass is 35.5. The van der Waals surface area contributed by atoms with E-state index in [1.54, 1.807) is 0 Å². The normalized spacial score (nSPS) is 19.0. The minimum atomic E-state index is 0. The lowest BCUT2D eigenvalue weighted by Gasteiger charge is -2.27. The van der Waals surface area contributed by atoms with E-state index in [1.165, 1.54) is 5.69 Å². The van der Waals surface area contributed by atoms with Crippen LogP contribution in [0.4, 0.5) is 5.69 Å². The number of halogens is 1. The number of rotatable bonds is 5. The van der Waals surface area contributed by atoms with Crippen LogP contribution < -0.4 is 15.5 Å². The van der Waals surface area contributed by atoms with Gasteiger partial charge in [-0.05, 0) is 38.4 Å². The highest BCUT2D eigenvalue weighted by Gasteiger charge is 2.22. The molecule has 112 valence electrons. The Labute approximate surface area is 127 Å². The lowest BCUT2D eigenvalue weighted by Crippen LogP contribution is -2.46. The number of hydrogen-bond donors (Lipinski definition) is 2. The number of anilines is 1. The number of likely N-dealkylation sites (N-methyl/N-ethyl adjacent to an activating group) is 1. The Morgan fingerprint density at radius 1 is 1.45 bits per heavy atom. The molecule has 1 aliphatic heterocycles. The van der Waals surface area contributed by atoms with Gasteiger partial charge in [-0.3, -0.25) is 4.79 Å². The molecule has 2 rings (SSSR count). The lowest BCUT2D eigenvalue weighted by molar-refractivity contribution is -0.122. The molecular weight excluding hydrogens is 274 g/mol. The summed E-state index contributed by atoms with van der Waals surface area (Å²) in [6, 6.07) is 10.5. The van der Waals surface area contributed by atoms with Gasteiger partial charge in [-0.15, -0.1) is 12.4 Å². The Kier molecular flexibility index (Phi) is 6.82. The van der Waals surface area contributed by atoms with Gasteiger partial charge in [0.2, 0.25) is 5.91 Å². The van der Waals surface area contributed by atoms with E-state index in [0.29, 0.717) is 6.54 Å². The van der Waals surface area contributed by atoms with Crippen LogP contribution in [0.2, 0.25) is 0 Å². The molecule has 2 unspecified atom stereocenters. The van der Waals surface area contributed by atoms with Crippen LogP contribution in [0.25, 0.3) is 0 Å². The van der Waals surface area contributed by atoms with Gasteiger partial charge in [0.25, 0.3) is 0 Å². The summed E-state index contributed by atoms with van der Waals surface area (Å²) in [5.41, 5.74) is 1.17. The Bertz CT molecular complexity index is 407. The third kappa shape index (κ3) is 4.39. The molecule has 0 saturated carbocycles. The summed E-state index contributed by atoms with van der Waals surface area (Å²) in [4.78, 5) is 14.1. The van der Waals surface area contributed by atoms with Crippen molar-refractivity contribution < 1.29 is 4.79 Å². The quantitative estimate of drug-likeness (QED) is 0.871. The number of para-hydroxylation sites is 1. The topological polar surface area (TPSA) is 44.4 Å². The SMILES string of the molecule is CC(CNC(=O)C1CCCN1)N(C)c1ccccc1.Cl. The standard InChI is InChI=1S/C15H23N3O.ClH/c1-12(18(2)13-7-4-3-5-8-13)11-17-15(19)14-9-6-10-16-14;/h3-5,7-8,12,14,16H,6,9-11H2,1-2H3,(H,17,19);1H. The van der Waals surface area contributed by atoms with Crippen LogP contribution >= 0.6 is 12.4 Å². The third-order valence-corrected chi connectivity index (χ3v) is 3.77. The van der Waals surface area contributed by atoms with Crippen LogP contribution in [0, 0.1) is 0 Å². The number of nitrogens with one attached hydrogen (secondary N) is 2. The molecular formula is C15H24ClN3O. The number of nitrogens with zero attached hydrogens (tertiary/aromatic N) is 1. The minimum absolute atomic E-state index is 0. The largest absolute Gasteiger partial charge is 0.370 e. The summed E-state index contributed by atoms with van der Waals surface area (Å²) in [7, 11) is 2.06. The number of hydrogen-bond acceptors (Lipinski definition) is 3. The molecule has 2 N–H and O–H groups in total. The Morgan fingerprint density at radius 2 is 2.15 bits per heavy atom. The van der Waals surface area contributed by atoms with Crippen LogP contribution in [0.1, 0.15) is 19.8 Å². The van der Waals surface area contributed by atoms with Crippen LogP contribution in [0.5, 0.6) is 0 Å². The molecule has 5 heteroatoms. The van der Waals surface area contributed by atoms with Crippen LogP contribution in [-0.4, -0.2) is 38.1 Å². The first kappa shape index (κ1) is 16.8. The fraction of sp³-hybridized carbons (Fsp3) is 0.533. The van der Waals surface area contributed by atoms with Gasteiger partial charge in [0.15, 0.2) is 0 Å². The summed E-state index contributed by atoms with van der Waals surface area (Å²) in [5.74, 6) is 0.130. The highest BCUT2D eigenvalue weighted by molar-refractivity contribution is 5.85. The lowest BCUT2D eigenvalue weighted by atomic mass is 10.2. The zero-order valence-electron chi connectivity index (χ0n) is 12.1. The molecule has 2 atom stereocenters. The number of carbonyl (C=O) groups is 1. The Balaban J connectivity index is 0.00000200. The molecule has 0 spiro atoms. The average Bonchev–Trinajstić information content (AvgIpc) is 2.98. The first-order chi connectivity index (χ1) is 9.18. The zero-order chi connectivity index (χ0) is 13.7. The minimum Gasteiger partial charge on any atom is -0.370 e. The van der Waals surface area contributed by atoms with E-state index in [2.05, 4.69) is 41.6 Å². The summed E-state index contributed by atoms with van der Waals surface area (Å²) in [6.45, 7) is 3.75. The van der Waals surface area contributed by atoms with Crippen molar-refractivity contribution in [3.05, 3.63) is 30.3 Å². The van der Waals surface area contributed by atoms with E-state index in [-0.39, 0.29) is 30.4 Å². The molecule has 0 aromatic heterocycles. The van der Waals surface area contributed by atoms with Crippen LogP contribution in [0.15, 0.2) is 30.3 Å². The van der Waals surface area contributed by atoms with E-state index in [0.717, 1.165) is 19.4 Å². The maximum absolute atomic E-state index is 11.9. The average molecular weight is 298 g/mol. The first-order valence-electron chi connectivity index (χ1n) is 6.97. The molecule has 1 aromatic carbocycles. The van der Waals surface area contributed by atoms with Crippen LogP contribution in [-0.2, 0) is 4.79 Å². The molecule has 1 heterocycles. The van der Waals surface area contributed by atoms with Gasteiger partial charge in [0.1, 0.15) is 0 Å². The Morgan fingerprint density at radius 3 is 2.75 bits per heavy atom. The molecule has 1 fully saturated rings. The van der Waals surface area contributed by atoms with Crippen molar-refractivity contribution in [2.24, 2.45) is 0 Å². The predicted octanol–water partition coefficient (Wildman–Crippen LogP) is 1.80. The Hall–Kier alpha value is -1.26. The summed E-state index contributed by atoms with van der Waals surface area (Å²) in [6.07, 6.45) is 2.05. The monoisotopic (exact) mass is 297 g/mol. The van der Waals surface area contributed by atoms with Crippen molar-refractivity contribution in [3.8, 4) is 0 Å². The summed E-state index contributed by atoms with van der Waals surface area (Å²) < 4.78 is 0. The second-order valence-corrected chi connectivity index (χ2v) is 5.19. The van der Waals surface area contributed by atoms with E-state index in [9.17, 15) is 4.79 Å². The van der Waals surface area contributed by atoms with E-state index < -0.39 is 0 Å². The van der Waals surface area contributed by atoms with Crippen LogP contribution in [0.3, 0.4) is 0 Å². The number of amides is 1. The predicted molar refractivity (Wildman–Crippen MR) is 85.6 cm³/mol. The molecule has 1 amide bonds. The van der Waals surface area contributed by atoms with Crippen molar-refractivity contribution in [1.82, 2.24) is 10.6 Å². The first-order valence-corrected chi connectivity index (χ1v) is 6.97. The molecule has 1 aliphatic rings. The molecule has 0 radical (unpaired) electrons. The second kappa shape index (κ2) is 8.12. The fourth-order valence-corrected chi connectivity index (χ4v) is 2.33. The van der Waals surface area contributed by atoms with Gasteiger partial charge in [-0.2, -0.15) is 0 Å². The number of benzene rings is 1. The smallest absolute Gasteiger partial charge is 0.237 e. The molecule has 0 aliphatic carbocycles. The summed E-state index contributed by atoms with van der Waals surface area (Å²) in [5, 5.41) is 6.25. The van der Waals surface area contributed by atoms with Gasteiger partial charge in [0, 0.05) is 25.3 Å². The second-order valence-electron chi connectivity index (χ2n) is 5.19. The maximum atomic E-state index is 11.9. The molecule has 4 nitrogen and oxygen atoms in total. The van der Waals surface area contributed by atoms with Crippen molar-refractivity contribution in [2.45, 2.75) is 31.8 Å². The van der Waals surface area contributed by atoms with Crippen molar-refractivity contribution in [1.29, 1.82) is 0 Å². The van der Waals surface area contributed by atoms with E-state index >= 15 is 0 Å². The molecule has 1 aromatic rings. The van der Waals surface area contributed by atoms with E-state index in [4.69, 9.17) is 0 Å². The summed E-state index contributed by atoms with van der Waals surface area (Å²) >= 11 is 0. The third-order valence-electron chi connectivity index (χ3n) is 3.77. The number of carbonyl (C=O) groups excluding carboxylic acids is 1. The van der Waals surface area contributed by atoms with Gasteiger partial charge >= 0.3 is 0 Å². The van der Waals surface area contributed by atoms with Gasteiger partial charge in [-0.25, -0.2) is 0 Å². The van der Waals surface area contributed by atoms with Gasteiger partial charge in [-0.1, -0.05) is 18.2 Å². The fourth-order valence-electron chi connectivity index (χ4n) is 2.33. The molecule has 1 saturated heterocycles. The van der Waals surface area contributed by atoms with Crippen molar-refractivity contribution >= 4 is 24.0 Å². The molecule has 0 bridgehead atoms. The highest BCUT2D eigenvalue weighted by Crippen LogP contribution is 2.13. The maximum Gasteiger partial charge on any atom is 0.237 e.